The van der Waals surface area contributed by atoms with Crippen LogP contribution in [0.1, 0.15) is 25.3 Å². The van der Waals surface area contributed by atoms with E-state index in [1.807, 2.05) is 0 Å². The zero-order valence-corrected chi connectivity index (χ0v) is 17.3. The van der Waals surface area contributed by atoms with Gasteiger partial charge < -0.3 is 19.1 Å². The Kier molecular flexibility index (Phi) is 6.46. The van der Waals surface area contributed by atoms with Crippen molar-refractivity contribution in [3.8, 4) is 11.5 Å². The van der Waals surface area contributed by atoms with Crippen LogP contribution in [0.2, 0.25) is 0 Å². The second-order valence-corrected chi connectivity index (χ2v) is 9.40. The predicted octanol–water partition coefficient (Wildman–Crippen LogP) is 1.44. The van der Waals surface area contributed by atoms with Crippen LogP contribution in [-0.2, 0) is 24.2 Å². The lowest BCUT2D eigenvalue weighted by molar-refractivity contribution is -0.155. The van der Waals surface area contributed by atoms with Crippen LogP contribution in [0.5, 0.6) is 11.5 Å². The maximum absolute atomic E-state index is 12.4. The molecule has 9 heteroatoms. The summed E-state index contributed by atoms with van der Waals surface area (Å²) in [6, 6.07) is 4.96. The molecule has 2 aliphatic rings. The molecule has 1 aromatic rings. The Labute approximate surface area is 170 Å². The minimum absolute atomic E-state index is 0.0556. The van der Waals surface area contributed by atoms with Crippen molar-refractivity contribution in [3.63, 3.8) is 0 Å². The van der Waals surface area contributed by atoms with Crippen molar-refractivity contribution in [2.24, 2.45) is 0 Å². The summed E-state index contributed by atoms with van der Waals surface area (Å²) >= 11 is 0. The first-order chi connectivity index (χ1) is 13.7. The Bertz CT molecular complexity index is 909. The van der Waals surface area contributed by atoms with E-state index < -0.39 is 27.8 Å². The van der Waals surface area contributed by atoms with Gasteiger partial charge in [-0.25, -0.2) is 13.2 Å². The minimum Gasteiger partial charge on any atom is -0.490 e. The van der Waals surface area contributed by atoms with Gasteiger partial charge in [0.25, 0.3) is 5.91 Å². The molecule has 0 aromatic heterocycles. The summed E-state index contributed by atoms with van der Waals surface area (Å²) in [5.41, 5.74) is 0.735. The number of fused-ring (bicyclic) bond motifs is 1. The van der Waals surface area contributed by atoms with Crippen molar-refractivity contribution in [3.05, 3.63) is 29.8 Å². The van der Waals surface area contributed by atoms with Crippen molar-refractivity contribution < 1.29 is 32.2 Å². The molecule has 2 heterocycles. The van der Waals surface area contributed by atoms with E-state index in [1.54, 1.807) is 24.3 Å². The first-order valence-electron chi connectivity index (χ1n) is 9.50. The molecule has 0 saturated carbocycles. The summed E-state index contributed by atoms with van der Waals surface area (Å²) in [7, 11) is -1.57. The van der Waals surface area contributed by atoms with Gasteiger partial charge in [-0.3, -0.25) is 4.79 Å². The highest BCUT2D eigenvalue weighted by atomic mass is 32.2. The number of likely N-dealkylation sites (N-methyl/N-ethyl adjacent to an activating group) is 1. The molecule has 0 N–H and O–H groups in total. The molecule has 1 saturated heterocycles. The number of nitrogens with zero attached hydrogens (tertiary/aromatic N) is 1. The van der Waals surface area contributed by atoms with Crippen molar-refractivity contribution >= 4 is 27.8 Å². The van der Waals surface area contributed by atoms with E-state index in [4.69, 9.17) is 14.2 Å². The van der Waals surface area contributed by atoms with Gasteiger partial charge in [0, 0.05) is 25.6 Å². The molecular weight excluding hydrogens is 398 g/mol. The van der Waals surface area contributed by atoms with Crippen molar-refractivity contribution in [1.82, 2.24) is 4.90 Å². The molecule has 158 valence electrons. The summed E-state index contributed by atoms with van der Waals surface area (Å²) in [6.07, 6.45) is 3.00. The number of carbonyl (C=O) groups excluding carboxylic acids is 2. The normalized spacial score (nSPS) is 21.4. The number of ether oxygens (including phenoxy) is 3. The van der Waals surface area contributed by atoms with Gasteiger partial charge >= 0.3 is 5.97 Å². The van der Waals surface area contributed by atoms with E-state index in [-0.39, 0.29) is 17.5 Å². The molecule has 29 heavy (non-hydrogen) atoms. The van der Waals surface area contributed by atoms with Gasteiger partial charge in [-0.15, -0.1) is 0 Å². The molecular formula is C20H25NO7S. The molecule has 1 aromatic carbocycles. The van der Waals surface area contributed by atoms with E-state index in [0.29, 0.717) is 31.1 Å². The number of hydrogen-bond acceptors (Lipinski definition) is 7. The standard InChI is InChI=1S/C20H25NO7S/c1-14(20(23)21(2)16-8-11-29(24,25)13-16)28-19(22)7-5-15-4-6-17-18(12-15)27-10-3-9-26-17/h4-7,12,14,16H,3,8-11,13H2,1-2H3/b7-5+/t14-,16-/m1/s1. The molecule has 3 rings (SSSR count). The van der Waals surface area contributed by atoms with Crippen LogP contribution in [-0.4, -0.2) is 69.1 Å². The first kappa shape index (κ1) is 21.2. The second-order valence-electron chi connectivity index (χ2n) is 7.18. The molecule has 0 spiro atoms. The van der Waals surface area contributed by atoms with E-state index in [1.165, 1.54) is 24.9 Å². The van der Waals surface area contributed by atoms with Gasteiger partial charge in [-0.2, -0.15) is 0 Å². The maximum atomic E-state index is 12.4. The lowest BCUT2D eigenvalue weighted by Crippen LogP contribution is -2.44. The Morgan fingerprint density at radius 1 is 1.24 bits per heavy atom. The number of benzene rings is 1. The molecule has 1 amide bonds. The molecule has 0 radical (unpaired) electrons. The Morgan fingerprint density at radius 2 is 1.97 bits per heavy atom. The number of esters is 1. The van der Waals surface area contributed by atoms with Crippen LogP contribution in [0.3, 0.4) is 0 Å². The SMILES string of the molecule is C[C@@H](OC(=O)/C=C/c1ccc2c(c1)OCCCO2)C(=O)N(C)[C@@H]1CCS(=O)(=O)C1. The summed E-state index contributed by atoms with van der Waals surface area (Å²) in [6.45, 7) is 2.64. The van der Waals surface area contributed by atoms with Gasteiger partial charge in [-0.1, -0.05) is 6.07 Å². The molecule has 0 unspecified atom stereocenters. The fourth-order valence-corrected chi connectivity index (χ4v) is 5.03. The van der Waals surface area contributed by atoms with Crippen LogP contribution >= 0.6 is 0 Å². The molecule has 8 nitrogen and oxygen atoms in total. The quantitative estimate of drug-likeness (QED) is 0.522. The minimum atomic E-state index is -3.10. The molecule has 1 fully saturated rings. The van der Waals surface area contributed by atoms with E-state index in [9.17, 15) is 18.0 Å². The second kappa shape index (κ2) is 8.86. The summed E-state index contributed by atoms with van der Waals surface area (Å²) in [4.78, 5) is 25.9. The highest BCUT2D eigenvalue weighted by Gasteiger charge is 2.34. The summed E-state index contributed by atoms with van der Waals surface area (Å²) in [5.74, 6) is 0.213. The lowest BCUT2D eigenvalue weighted by Gasteiger charge is -2.26. The summed E-state index contributed by atoms with van der Waals surface area (Å²) < 4.78 is 39.5. The van der Waals surface area contributed by atoms with Crippen molar-refractivity contribution in [2.75, 3.05) is 31.8 Å². The highest BCUT2D eigenvalue weighted by molar-refractivity contribution is 7.91. The van der Waals surface area contributed by atoms with E-state index in [0.717, 1.165) is 12.0 Å². The Hall–Kier alpha value is -2.55. The van der Waals surface area contributed by atoms with E-state index >= 15 is 0 Å². The molecule has 2 aliphatic heterocycles. The fraction of sp³-hybridized carbons (Fsp3) is 0.500. The van der Waals surface area contributed by atoms with Crippen LogP contribution in [0.4, 0.5) is 0 Å². The van der Waals surface area contributed by atoms with Gasteiger partial charge in [0.15, 0.2) is 27.4 Å². The zero-order chi connectivity index (χ0) is 21.0. The predicted molar refractivity (Wildman–Crippen MR) is 106 cm³/mol. The Morgan fingerprint density at radius 3 is 2.66 bits per heavy atom. The van der Waals surface area contributed by atoms with Gasteiger partial charge in [0.1, 0.15) is 0 Å². The summed E-state index contributed by atoms with van der Waals surface area (Å²) in [5, 5.41) is 0. The number of carbonyl (C=O) groups is 2. The van der Waals surface area contributed by atoms with Gasteiger partial charge in [0.2, 0.25) is 0 Å². The van der Waals surface area contributed by atoms with Crippen LogP contribution in [0, 0.1) is 0 Å². The number of amides is 1. The molecule has 0 aliphatic carbocycles. The Balaban J connectivity index is 1.55. The smallest absolute Gasteiger partial charge is 0.331 e. The molecule has 0 bridgehead atoms. The average molecular weight is 423 g/mol. The average Bonchev–Trinajstić information content (AvgIpc) is 2.90. The molecule has 2 atom stereocenters. The fourth-order valence-electron chi connectivity index (χ4n) is 3.26. The van der Waals surface area contributed by atoms with Crippen molar-refractivity contribution in [2.45, 2.75) is 31.9 Å². The third-order valence-electron chi connectivity index (χ3n) is 4.93. The third kappa shape index (κ3) is 5.50. The topological polar surface area (TPSA) is 99.2 Å². The zero-order valence-electron chi connectivity index (χ0n) is 16.5. The third-order valence-corrected chi connectivity index (χ3v) is 6.68. The van der Waals surface area contributed by atoms with Crippen LogP contribution < -0.4 is 9.47 Å². The number of hydrogen-bond donors (Lipinski definition) is 0. The lowest BCUT2D eigenvalue weighted by atomic mass is 10.2. The van der Waals surface area contributed by atoms with Gasteiger partial charge in [-0.05, 0) is 37.1 Å². The van der Waals surface area contributed by atoms with Gasteiger partial charge in [0.05, 0.1) is 24.7 Å². The van der Waals surface area contributed by atoms with Crippen molar-refractivity contribution in [1.29, 1.82) is 0 Å². The highest BCUT2D eigenvalue weighted by Crippen LogP contribution is 2.30. The van der Waals surface area contributed by atoms with Crippen LogP contribution in [0.25, 0.3) is 6.08 Å². The largest absolute Gasteiger partial charge is 0.490 e. The van der Waals surface area contributed by atoms with E-state index in [2.05, 4.69) is 0 Å². The monoisotopic (exact) mass is 423 g/mol. The maximum Gasteiger partial charge on any atom is 0.331 e. The first-order valence-corrected chi connectivity index (χ1v) is 11.3. The number of rotatable bonds is 5. The van der Waals surface area contributed by atoms with Crippen LogP contribution in [0.15, 0.2) is 24.3 Å². The number of sulfone groups is 1.